The number of amides is 3. The minimum absolute atomic E-state index is 0.0453. The number of amidine groups is 1. The molecule has 1 atom stereocenters. The maximum atomic E-state index is 14.9. The van der Waals surface area contributed by atoms with E-state index >= 15 is 0 Å². The molecule has 1 saturated heterocycles. The second-order valence-corrected chi connectivity index (χ2v) is 15.7. The van der Waals surface area contributed by atoms with Gasteiger partial charge < -0.3 is 14.5 Å². The molecule has 272 valence electrons. The van der Waals surface area contributed by atoms with Crippen molar-refractivity contribution in [1.82, 2.24) is 19.7 Å². The molecule has 1 fully saturated rings. The first-order valence-electron chi connectivity index (χ1n) is 18.0. The number of aromatic nitrogens is 1. The molecule has 0 spiro atoms. The van der Waals surface area contributed by atoms with Crippen LogP contribution in [0.25, 0.3) is 0 Å². The summed E-state index contributed by atoms with van der Waals surface area (Å²) in [6, 6.07) is 9.40. The number of hydrogen-bond donors (Lipinski definition) is 0. The second kappa shape index (κ2) is 17.2. The highest BCUT2D eigenvalue weighted by Crippen LogP contribution is 2.35. The van der Waals surface area contributed by atoms with Gasteiger partial charge in [0.15, 0.2) is 0 Å². The van der Waals surface area contributed by atoms with Crippen LogP contribution >= 0.6 is 23.2 Å². The van der Waals surface area contributed by atoms with Crippen LogP contribution in [0.3, 0.4) is 0 Å². The first-order valence-corrected chi connectivity index (χ1v) is 18.8. The predicted molar refractivity (Wildman–Crippen MR) is 205 cm³/mol. The topological polar surface area (TPSA) is 78.3 Å². The van der Waals surface area contributed by atoms with E-state index in [0.717, 1.165) is 30.5 Å². The van der Waals surface area contributed by atoms with Gasteiger partial charge in [0.05, 0.1) is 24.3 Å². The van der Waals surface area contributed by atoms with Crippen molar-refractivity contribution in [2.45, 2.75) is 98.6 Å². The van der Waals surface area contributed by atoms with E-state index in [1.165, 1.54) is 0 Å². The Morgan fingerprint density at radius 3 is 2.24 bits per heavy atom. The number of carbonyl (C=O) groups is 2. The SMILES string of the molecule is CCOc1cc(C(C)(C)C)ncc1C(=NC(C)(C)C1C=CC(Cl)=CC1)N(Cc1ccc(Cl)cc1)C(=O)N1CCC(CC(=O)N(CC)CC)CC1. The first kappa shape index (κ1) is 39.4. The highest BCUT2D eigenvalue weighted by atomic mass is 35.5. The van der Waals surface area contributed by atoms with Crippen LogP contribution in [-0.4, -0.2) is 75.8 Å². The van der Waals surface area contributed by atoms with Gasteiger partial charge in [-0.1, -0.05) is 68.3 Å². The molecule has 0 N–H and O–H groups in total. The van der Waals surface area contributed by atoms with Crippen LogP contribution < -0.4 is 4.74 Å². The molecule has 1 aromatic heterocycles. The molecular formula is C40H55Cl2N5O3. The van der Waals surface area contributed by atoms with E-state index in [1.54, 1.807) is 11.1 Å². The Labute approximate surface area is 309 Å². The molecule has 2 aliphatic rings. The van der Waals surface area contributed by atoms with Crippen molar-refractivity contribution in [3.63, 3.8) is 0 Å². The first-order chi connectivity index (χ1) is 23.7. The van der Waals surface area contributed by atoms with E-state index in [4.69, 9.17) is 37.9 Å². The van der Waals surface area contributed by atoms with Gasteiger partial charge in [-0.3, -0.25) is 19.7 Å². The number of allylic oxidation sites excluding steroid dienone is 3. The van der Waals surface area contributed by atoms with Gasteiger partial charge >= 0.3 is 6.03 Å². The number of piperidine rings is 1. The van der Waals surface area contributed by atoms with Gasteiger partial charge in [-0.05, 0) is 83.6 Å². The van der Waals surface area contributed by atoms with Crippen LogP contribution in [0.1, 0.15) is 97.9 Å². The summed E-state index contributed by atoms with van der Waals surface area (Å²) in [5, 5.41) is 1.34. The number of pyridine rings is 1. The summed E-state index contributed by atoms with van der Waals surface area (Å²) >= 11 is 12.6. The van der Waals surface area contributed by atoms with E-state index in [2.05, 4.69) is 40.7 Å². The van der Waals surface area contributed by atoms with Gasteiger partial charge in [0, 0.05) is 71.9 Å². The summed E-state index contributed by atoms with van der Waals surface area (Å²) < 4.78 is 6.29. The molecule has 1 aliphatic heterocycles. The molecule has 50 heavy (non-hydrogen) atoms. The summed E-state index contributed by atoms with van der Waals surface area (Å²) in [7, 11) is 0. The number of rotatable bonds is 11. The molecule has 0 bridgehead atoms. The van der Waals surface area contributed by atoms with Crippen LogP contribution in [0.15, 0.2) is 64.8 Å². The van der Waals surface area contributed by atoms with Crippen LogP contribution in [0.4, 0.5) is 4.79 Å². The molecule has 2 aromatic rings. The summed E-state index contributed by atoms with van der Waals surface area (Å²) in [5.41, 5.74) is 1.62. The monoisotopic (exact) mass is 723 g/mol. The fourth-order valence-corrected chi connectivity index (χ4v) is 6.77. The molecule has 1 aliphatic carbocycles. The fourth-order valence-electron chi connectivity index (χ4n) is 6.49. The molecule has 4 rings (SSSR count). The summed E-state index contributed by atoms with van der Waals surface area (Å²) in [4.78, 5) is 43.7. The third-order valence-electron chi connectivity index (χ3n) is 9.74. The van der Waals surface area contributed by atoms with E-state index in [-0.39, 0.29) is 35.7 Å². The third kappa shape index (κ3) is 10.1. The number of ether oxygens (including phenoxy) is 1. The number of urea groups is 1. The summed E-state index contributed by atoms with van der Waals surface area (Å²) in [5.74, 6) is 1.60. The lowest BCUT2D eigenvalue weighted by Crippen LogP contribution is -2.50. The highest BCUT2D eigenvalue weighted by molar-refractivity contribution is 6.31. The van der Waals surface area contributed by atoms with E-state index in [1.807, 2.05) is 73.1 Å². The average molecular weight is 725 g/mol. The zero-order chi connectivity index (χ0) is 36.6. The summed E-state index contributed by atoms with van der Waals surface area (Å²) in [6.07, 6.45) is 10.6. The van der Waals surface area contributed by atoms with Crippen LogP contribution in [-0.2, 0) is 16.8 Å². The van der Waals surface area contributed by atoms with Gasteiger partial charge in [0.1, 0.15) is 11.6 Å². The number of aliphatic imine (C=N–C) groups is 1. The lowest BCUT2D eigenvalue weighted by Gasteiger charge is -2.38. The molecule has 10 heteroatoms. The van der Waals surface area contributed by atoms with E-state index in [0.29, 0.717) is 66.4 Å². The van der Waals surface area contributed by atoms with Crippen molar-refractivity contribution in [1.29, 1.82) is 0 Å². The maximum Gasteiger partial charge on any atom is 0.325 e. The average Bonchev–Trinajstić information content (AvgIpc) is 3.08. The number of halogens is 2. The fraction of sp³-hybridized carbons (Fsp3) is 0.550. The summed E-state index contributed by atoms with van der Waals surface area (Å²) in [6.45, 7) is 19.7. The Balaban J connectivity index is 1.80. The standard InChI is InChI=1S/C40H55Cl2N5O3/c1-9-45(10-2)36(48)24-28-20-22-46(23-21-28)38(49)47(27-29-12-16-31(41)17-13-29)37(44-40(7,8)30-14-18-32(42)19-15-30)33-26-43-35(39(4,5)6)25-34(33)50-11-3/h12-14,16-19,25-26,28,30H,9-11,15,20-24,27H2,1-8H3. The van der Waals surface area contributed by atoms with Crippen molar-refractivity contribution >= 4 is 41.0 Å². The Kier molecular flexibility index (Phi) is 13.6. The van der Waals surface area contributed by atoms with Gasteiger partial charge in [-0.15, -0.1) is 0 Å². The van der Waals surface area contributed by atoms with Crippen molar-refractivity contribution < 1.29 is 14.3 Å². The molecule has 2 heterocycles. The van der Waals surface area contributed by atoms with Crippen LogP contribution in [0, 0.1) is 11.8 Å². The number of hydrogen-bond acceptors (Lipinski definition) is 5. The minimum Gasteiger partial charge on any atom is -0.493 e. The molecule has 3 amide bonds. The normalized spacial score (nSPS) is 17.4. The predicted octanol–water partition coefficient (Wildman–Crippen LogP) is 9.25. The number of benzene rings is 1. The van der Waals surface area contributed by atoms with Gasteiger partial charge in [0.25, 0.3) is 0 Å². The molecule has 1 unspecified atom stereocenters. The van der Waals surface area contributed by atoms with E-state index < -0.39 is 5.54 Å². The molecule has 0 saturated carbocycles. The van der Waals surface area contributed by atoms with Crippen molar-refractivity contribution in [3.05, 3.63) is 81.6 Å². The van der Waals surface area contributed by atoms with E-state index in [9.17, 15) is 9.59 Å². The number of nitrogens with zero attached hydrogens (tertiary/aromatic N) is 5. The number of carbonyl (C=O) groups excluding carboxylic acids is 2. The largest absolute Gasteiger partial charge is 0.493 e. The van der Waals surface area contributed by atoms with Crippen molar-refractivity contribution in [3.8, 4) is 5.75 Å². The van der Waals surface area contributed by atoms with Crippen LogP contribution in [0.5, 0.6) is 5.75 Å². The van der Waals surface area contributed by atoms with Crippen molar-refractivity contribution in [2.24, 2.45) is 16.8 Å². The van der Waals surface area contributed by atoms with Crippen LogP contribution in [0.2, 0.25) is 5.02 Å². The molecule has 0 radical (unpaired) electrons. The smallest absolute Gasteiger partial charge is 0.325 e. The van der Waals surface area contributed by atoms with Gasteiger partial charge in [0.2, 0.25) is 5.91 Å². The highest BCUT2D eigenvalue weighted by Gasteiger charge is 2.36. The Morgan fingerprint density at radius 1 is 1.02 bits per heavy atom. The lowest BCUT2D eigenvalue weighted by atomic mass is 9.83. The van der Waals surface area contributed by atoms with Gasteiger partial charge in [-0.25, -0.2) is 4.79 Å². The Bertz CT molecular complexity index is 1570. The molecule has 8 nitrogen and oxygen atoms in total. The Morgan fingerprint density at radius 2 is 1.68 bits per heavy atom. The number of likely N-dealkylation sites (tertiary alicyclic amines) is 1. The lowest BCUT2D eigenvalue weighted by molar-refractivity contribution is -0.132. The molecular weight excluding hydrogens is 669 g/mol. The van der Waals surface area contributed by atoms with Gasteiger partial charge in [-0.2, -0.15) is 0 Å². The maximum absolute atomic E-state index is 14.9. The second-order valence-electron chi connectivity index (χ2n) is 14.8. The van der Waals surface area contributed by atoms with Crippen molar-refractivity contribution in [2.75, 3.05) is 32.8 Å². The third-order valence-corrected chi connectivity index (χ3v) is 10.3. The zero-order valence-electron chi connectivity index (χ0n) is 31.1. The quantitative estimate of drug-likeness (QED) is 0.171. The zero-order valence-corrected chi connectivity index (χ0v) is 32.7. The minimum atomic E-state index is -0.623. The Hall–Kier alpha value is -3.36. The molecule has 1 aromatic carbocycles.